The summed E-state index contributed by atoms with van der Waals surface area (Å²) in [5.41, 5.74) is 4.06. The molecule has 26 heavy (non-hydrogen) atoms. The van der Waals surface area contributed by atoms with Crippen molar-refractivity contribution in [1.29, 1.82) is 0 Å². The molecule has 0 aromatic heterocycles. The van der Waals surface area contributed by atoms with Crippen LogP contribution in [0, 0.1) is 20.8 Å². The second-order valence-corrected chi connectivity index (χ2v) is 7.79. The molecular formula is C19H24N2O4S. The van der Waals surface area contributed by atoms with Crippen LogP contribution >= 0.6 is 0 Å². The minimum atomic E-state index is -3.68. The molecule has 0 heterocycles. The summed E-state index contributed by atoms with van der Waals surface area (Å²) in [7, 11) is -3.68. The number of carbonyl (C=O) groups is 1. The number of carbonyl (C=O) groups excluding carboxylic acids is 1. The number of amides is 1. The lowest BCUT2D eigenvalue weighted by Crippen LogP contribution is -2.30. The summed E-state index contributed by atoms with van der Waals surface area (Å²) in [6, 6.07) is 10.3. The first-order chi connectivity index (χ1) is 12.2. The second kappa shape index (κ2) is 8.33. The van der Waals surface area contributed by atoms with E-state index in [-0.39, 0.29) is 17.4 Å². The number of benzene rings is 2. The van der Waals surface area contributed by atoms with Crippen LogP contribution in [0.1, 0.15) is 22.3 Å². The third kappa shape index (κ3) is 5.31. The molecule has 0 fully saturated rings. The zero-order valence-electron chi connectivity index (χ0n) is 15.2. The third-order valence-electron chi connectivity index (χ3n) is 4.21. The molecular weight excluding hydrogens is 352 g/mol. The Labute approximate surface area is 154 Å². The Morgan fingerprint density at radius 2 is 1.65 bits per heavy atom. The monoisotopic (exact) mass is 376 g/mol. The summed E-state index contributed by atoms with van der Waals surface area (Å²) >= 11 is 0. The molecule has 0 atom stereocenters. The van der Waals surface area contributed by atoms with Crippen LogP contribution in [0.3, 0.4) is 0 Å². The van der Waals surface area contributed by atoms with E-state index in [1.54, 1.807) is 12.1 Å². The van der Waals surface area contributed by atoms with Crippen molar-refractivity contribution in [2.75, 3.05) is 13.2 Å². The van der Waals surface area contributed by atoms with Crippen molar-refractivity contribution in [2.24, 2.45) is 5.14 Å². The van der Waals surface area contributed by atoms with Crippen LogP contribution in [0.4, 0.5) is 0 Å². The van der Waals surface area contributed by atoms with E-state index in [0.717, 1.165) is 28.0 Å². The number of rotatable bonds is 7. The van der Waals surface area contributed by atoms with Gasteiger partial charge in [-0.25, -0.2) is 13.6 Å². The predicted octanol–water partition coefficient (Wildman–Crippen LogP) is 2.00. The Bertz CT molecular complexity index is 891. The van der Waals surface area contributed by atoms with Crippen molar-refractivity contribution in [3.63, 3.8) is 0 Å². The number of nitrogens with one attached hydrogen (secondary N) is 1. The minimum absolute atomic E-state index is 0.0461. The standard InChI is InChI=1S/C19H24N2O4S/c1-13-4-5-14(2)19(15(13)3)25-12-18(22)21-11-10-16-6-8-17(9-7-16)26(20,23)24/h4-9H,10-12H2,1-3H3,(H,21,22)(H2,20,23,24). The number of nitrogens with two attached hydrogens (primary N) is 1. The van der Waals surface area contributed by atoms with Gasteiger partial charge in [0.2, 0.25) is 10.0 Å². The van der Waals surface area contributed by atoms with E-state index >= 15 is 0 Å². The first-order valence-electron chi connectivity index (χ1n) is 8.26. The number of primary sulfonamides is 1. The molecule has 2 aromatic rings. The highest BCUT2D eigenvalue weighted by atomic mass is 32.2. The SMILES string of the molecule is Cc1ccc(C)c(OCC(=O)NCCc2ccc(S(N)(=O)=O)cc2)c1C. The highest BCUT2D eigenvalue weighted by molar-refractivity contribution is 7.89. The molecule has 0 aliphatic heterocycles. The Morgan fingerprint density at radius 3 is 2.27 bits per heavy atom. The van der Waals surface area contributed by atoms with Gasteiger partial charge in [0.25, 0.3) is 5.91 Å². The lowest BCUT2D eigenvalue weighted by Gasteiger charge is -2.14. The summed E-state index contributed by atoms with van der Waals surface area (Å²) in [5.74, 6) is 0.546. The first kappa shape index (κ1) is 19.9. The first-order valence-corrected chi connectivity index (χ1v) is 9.81. The largest absolute Gasteiger partial charge is 0.483 e. The molecule has 0 saturated carbocycles. The van der Waals surface area contributed by atoms with Crippen LogP contribution in [0.5, 0.6) is 5.75 Å². The zero-order valence-corrected chi connectivity index (χ0v) is 16.0. The fraction of sp³-hybridized carbons (Fsp3) is 0.316. The maximum absolute atomic E-state index is 12.0. The molecule has 0 aliphatic rings. The van der Waals surface area contributed by atoms with Crippen molar-refractivity contribution >= 4 is 15.9 Å². The minimum Gasteiger partial charge on any atom is -0.483 e. The van der Waals surface area contributed by atoms with Gasteiger partial charge in [-0.15, -0.1) is 0 Å². The Kier molecular flexibility index (Phi) is 6.39. The van der Waals surface area contributed by atoms with Crippen LogP contribution in [0.15, 0.2) is 41.3 Å². The zero-order chi connectivity index (χ0) is 19.3. The number of aryl methyl sites for hydroxylation is 2. The van der Waals surface area contributed by atoms with Crippen LogP contribution < -0.4 is 15.2 Å². The number of hydrogen-bond donors (Lipinski definition) is 2. The van der Waals surface area contributed by atoms with E-state index in [9.17, 15) is 13.2 Å². The van der Waals surface area contributed by atoms with Gasteiger partial charge in [-0.2, -0.15) is 0 Å². The molecule has 3 N–H and O–H groups in total. The molecule has 0 aliphatic carbocycles. The van der Waals surface area contributed by atoms with Gasteiger partial charge in [0.15, 0.2) is 6.61 Å². The van der Waals surface area contributed by atoms with Crippen LogP contribution in [-0.2, 0) is 21.2 Å². The molecule has 2 aromatic carbocycles. The van der Waals surface area contributed by atoms with Gasteiger partial charge >= 0.3 is 0 Å². The van der Waals surface area contributed by atoms with Crippen LogP contribution in [0.2, 0.25) is 0 Å². The lowest BCUT2D eigenvalue weighted by atomic mass is 10.1. The van der Waals surface area contributed by atoms with Crippen molar-refractivity contribution in [3.8, 4) is 5.75 Å². The van der Waals surface area contributed by atoms with Crippen molar-refractivity contribution in [1.82, 2.24) is 5.32 Å². The molecule has 6 nitrogen and oxygen atoms in total. The quantitative estimate of drug-likeness (QED) is 0.772. The van der Waals surface area contributed by atoms with Gasteiger partial charge in [0.05, 0.1) is 4.90 Å². The normalized spacial score (nSPS) is 11.2. The number of sulfonamides is 1. The maximum Gasteiger partial charge on any atom is 0.257 e. The van der Waals surface area contributed by atoms with Gasteiger partial charge in [-0.1, -0.05) is 24.3 Å². The van der Waals surface area contributed by atoms with E-state index < -0.39 is 10.0 Å². The van der Waals surface area contributed by atoms with Gasteiger partial charge in [0, 0.05) is 6.54 Å². The molecule has 2 rings (SSSR count). The van der Waals surface area contributed by atoms with E-state index in [1.165, 1.54) is 12.1 Å². The Hall–Kier alpha value is -2.38. The van der Waals surface area contributed by atoms with Crippen molar-refractivity contribution in [3.05, 3.63) is 58.7 Å². The van der Waals surface area contributed by atoms with Crippen molar-refractivity contribution in [2.45, 2.75) is 32.1 Å². The summed E-state index contributed by atoms with van der Waals surface area (Å²) in [4.78, 5) is 12.0. The maximum atomic E-state index is 12.0. The van der Waals surface area contributed by atoms with E-state index in [0.29, 0.717) is 13.0 Å². The molecule has 1 amide bonds. The molecule has 7 heteroatoms. The fourth-order valence-corrected chi connectivity index (χ4v) is 3.04. The topological polar surface area (TPSA) is 98.5 Å². The van der Waals surface area contributed by atoms with Gasteiger partial charge in [0.1, 0.15) is 5.75 Å². The van der Waals surface area contributed by atoms with E-state index in [2.05, 4.69) is 5.32 Å². The number of ether oxygens (including phenoxy) is 1. The average Bonchev–Trinajstić information content (AvgIpc) is 2.58. The molecule has 0 unspecified atom stereocenters. The van der Waals surface area contributed by atoms with Crippen LogP contribution in [0.25, 0.3) is 0 Å². The fourth-order valence-electron chi connectivity index (χ4n) is 2.53. The smallest absolute Gasteiger partial charge is 0.257 e. The summed E-state index contributed by atoms with van der Waals surface area (Å²) < 4.78 is 28.1. The summed E-state index contributed by atoms with van der Waals surface area (Å²) in [6.45, 7) is 6.31. The highest BCUT2D eigenvalue weighted by Crippen LogP contribution is 2.25. The average molecular weight is 376 g/mol. The number of hydrogen-bond acceptors (Lipinski definition) is 4. The molecule has 140 valence electrons. The molecule has 0 saturated heterocycles. The van der Waals surface area contributed by atoms with Gasteiger partial charge in [-0.05, 0) is 61.6 Å². The second-order valence-electron chi connectivity index (χ2n) is 6.23. The highest BCUT2D eigenvalue weighted by Gasteiger charge is 2.10. The Morgan fingerprint density at radius 1 is 1.04 bits per heavy atom. The Balaban J connectivity index is 1.82. The predicted molar refractivity (Wildman–Crippen MR) is 101 cm³/mol. The van der Waals surface area contributed by atoms with Crippen molar-refractivity contribution < 1.29 is 17.9 Å². The lowest BCUT2D eigenvalue weighted by molar-refractivity contribution is -0.123. The molecule has 0 bridgehead atoms. The van der Waals surface area contributed by atoms with Gasteiger partial charge < -0.3 is 10.1 Å². The summed E-state index contributed by atoms with van der Waals surface area (Å²) in [6.07, 6.45) is 0.582. The molecule has 0 radical (unpaired) electrons. The third-order valence-corrected chi connectivity index (χ3v) is 5.14. The van der Waals surface area contributed by atoms with E-state index in [1.807, 2.05) is 32.9 Å². The summed E-state index contributed by atoms with van der Waals surface area (Å²) in [5, 5.41) is 7.85. The van der Waals surface area contributed by atoms with Crippen LogP contribution in [-0.4, -0.2) is 27.5 Å². The van der Waals surface area contributed by atoms with E-state index in [4.69, 9.17) is 9.88 Å². The molecule has 0 spiro atoms. The van der Waals surface area contributed by atoms with Gasteiger partial charge in [-0.3, -0.25) is 4.79 Å².